The summed E-state index contributed by atoms with van der Waals surface area (Å²) >= 11 is 0. The van der Waals surface area contributed by atoms with Crippen LogP contribution in [0.3, 0.4) is 0 Å². The number of nitrogens with zero attached hydrogens (tertiary/aromatic N) is 2. The van der Waals surface area contributed by atoms with E-state index in [-0.39, 0.29) is 0 Å². The fourth-order valence-electron chi connectivity index (χ4n) is 2.04. The average Bonchev–Trinajstić information content (AvgIpc) is 2.45. The predicted octanol–water partition coefficient (Wildman–Crippen LogP) is 3.35. The van der Waals surface area contributed by atoms with E-state index in [1.165, 1.54) is 11.1 Å². The van der Waals surface area contributed by atoms with E-state index in [1.807, 2.05) is 18.2 Å². The lowest BCUT2D eigenvalue weighted by Gasteiger charge is -2.08. The van der Waals surface area contributed by atoms with E-state index in [0.29, 0.717) is 0 Å². The third-order valence-electron chi connectivity index (χ3n) is 2.91. The standard InChI is InChI=1S/C16H18N2O/c1-4-13-9-12(2)10-14(11-13)16(18-19-3)15-7-5-6-8-17-15/h5-11H,4H2,1-3H3/b18-16+. The maximum absolute atomic E-state index is 4.97. The molecule has 0 N–H and O–H groups in total. The molecule has 0 aliphatic carbocycles. The van der Waals surface area contributed by atoms with Gasteiger partial charge in [0.25, 0.3) is 0 Å². The first-order valence-electron chi connectivity index (χ1n) is 6.38. The normalized spacial score (nSPS) is 11.4. The molecule has 0 bridgehead atoms. The SMILES string of the molecule is CCc1cc(C)cc(/C(=N\OC)c2ccccn2)c1. The zero-order valence-corrected chi connectivity index (χ0v) is 11.6. The van der Waals surface area contributed by atoms with Crippen molar-refractivity contribution in [1.29, 1.82) is 0 Å². The summed E-state index contributed by atoms with van der Waals surface area (Å²) in [5.41, 5.74) is 5.12. The van der Waals surface area contributed by atoms with Crippen LogP contribution in [-0.2, 0) is 11.3 Å². The summed E-state index contributed by atoms with van der Waals surface area (Å²) in [5, 5.41) is 4.14. The molecule has 98 valence electrons. The van der Waals surface area contributed by atoms with Crippen LogP contribution in [0.2, 0.25) is 0 Å². The summed E-state index contributed by atoms with van der Waals surface area (Å²) in [5.74, 6) is 0. The molecule has 1 aromatic heterocycles. The van der Waals surface area contributed by atoms with Crippen molar-refractivity contribution in [3.8, 4) is 0 Å². The van der Waals surface area contributed by atoms with Crippen LogP contribution in [0, 0.1) is 6.92 Å². The second-order valence-corrected chi connectivity index (χ2v) is 4.40. The Morgan fingerprint density at radius 3 is 2.74 bits per heavy atom. The summed E-state index contributed by atoms with van der Waals surface area (Å²) in [7, 11) is 1.56. The van der Waals surface area contributed by atoms with Gasteiger partial charge in [0.05, 0.1) is 5.69 Å². The van der Waals surface area contributed by atoms with Crippen LogP contribution in [0.1, 0.15) is 29.3 Å². The highest BCUT2D eigenvalue weighted by Gasteiger charge is 2.10. The number of benzene rings is 1. The van der Waals surface area contributed by atoms with Crippen LogP contribution in [0.5, 0.6) is 0 Å². The highest BCUT2D eigenvalue weighted by Crippen LogP contribution is 2.15. The minimum Gasteiger partial charge on any atom is -0.399 e. The Morgan fingerprint density at radius 1 is 1.26 bits per heavy atom. The molecule has 0 amide bonds. The molecule has 1 heterocycles. The molecule has 0 unspecified atom stereocenters. The van der Waals surface area contributed by atoms with Crippen molar-refractivity contribution in [3.05, 3.63) is 65.0 Å². The summed E-state index contributed by atoms with van der Waals surface area (Å²) < 4.78 is 0. The van der Waals surface area contributed by atoms with Crippen LogP contribution >= 0.6 is 0 Å². The minimum atomic E-state index is 0.765. The molecule has 0 saturated heterocycles. The molecule has 2 aromatic rings. The molecular formula is C16H18N2O. The zero-order valence-electron chi connectivity index (χ0n) is 11.6. The molecule has 0 radical (unpaired) electrons. The van der Waals surface area contributed by atoms with E-state index in [9.17, 15) is 0 Å². The summed E-state index contributed by atoms with van der Waals surface area (Å²) in [6.07, 6.45) is 2.76. The Bertz CT molecular complexity index is 577. The van der Waals surface area contributed by atoms with Gasteiger partial charge < -0.3 is 4.84 Å². The van der Waals surface area contributed by atoms with Crippen molar-refractivity contribution in [3.63, 3.8) is 0 Å². The lowest BCUT2D eigenvalue weighted by molar-refractivity contribution is 0.214. The van der Waals surface area contributed by atoms with Gasteiger partial charge in [-0.25, -0.2) is 0 Å². The Balaban J connectivity index is 2.52. The van der Waals surface area contributed by atoms with Gasteiger partial charge in [-0.3, -0.25) is 4.98 Å². The molecule has 0 aliphatic heterocycles. The number of pyridine rings is 1. The van der Waals surface area contributed by atoms with Crippen LogP contribution in [0.15, 0.2) is 47.8 Å². The van der Waals surface area contributed by atoms with E-state index in [4.69, 9.17) is 4.84 Å². The van der Waals surface area contributed by atoms with Gasteiger partial charge in [-0.1, -0.05) is 29.8 Å². The molecule has 0 atom stereocenters. The second kappa shape index (κ2) is 6.14. The van der Waals surface area contributed by atoms with E-state index in [0.717, 1.165) is 23.4 Å². The van der Waals surface area contributed by atoms with Crippen LogP contribution in [0.25, 0.3) is 0 Å². The Kier molecular flexibility index (Phi) is 4.29. The molecule has 2 rings (SSSR count). The summed E-state index contributed by atoms with van der Waals surface area (Å²) in [6.45, 7) is 4.23. The quantitative estimate of drug-likeness (QED) is 0.619. The summed E-state index contributed by atoms with van der Waals surface area (Å²) in [6, 6.07) is 12.2. The Morgan fingerprint density at radius 2 is 2.11 bits per heavy atom. The maximum Gasteiger partial charge on any atom is 0.135 e. The van der Waals surface area contributed by atoms with E-state index < -0.39 is 0 Å². The third-order valence-corrected chi connectivity index (χ3v) is 2.91. The molecular weight excluding hydrogens is 236 g/mol. The molecule has 0 spiro atoms. The number of aromatic nitrogens is 1. The first kappa shape index (κ1) is 13.3. The zero-order chi connectivity index (χ0) is 13.7. The number of hydrogen-bond donors (Lipinski definition) is 0. The Labute approximate surface area is 113 Å². The van der Waals surface area contributed by atoms with Gasteiger partial charge in [-0.05, 0) is 43.2 Å². The average molecular weight is 254 g/mol. The fraction of sp³-hybridized carbons (Fsp3) is 0.250. The topological polar surface area (TPSA) is 34.5 Å². The maximum atomic E-state index is 4.97. The van der Waals surface area contributed by atoms with Crippen molar-refractivity contribution in [2.45, 2.75) is 20.3 Å². The summed E-state index contributed by atoms with van der Waals surface area (Å²) in [4.78, 5) is 9.32. The van der Waals surface area contributed by atoms with Gasteiger partial charge in [-0.15, -0.1) is 0 Å². The third kappa shape index (κ3) is 3.19. The van der Waals surface area contributed by atoms with E-state index in [2.05, 4.69) is 42.2 Å². The first-order valence-corrected chi connectivity index (χ1v) is 6.38. The molecule has 0 saturated carbocycles. The minimum absolute atomic E-state index is 0.765. The highest BCUT2D eigenvalue weighted by molar-refractivity contribution is 6.11. The van der Waals surface area contributed by atoms with Gasteiger partial charge >= 0.3 is 0 Å². The molecule has 1 aromatic carbocycles. The van der Waals surface area contributed by atoms with Crippen molar-refractivity contribution in [1.82, 2.24) is 4.98 Å². The number of rotatable bonds is 4. The first-order chi connectivity index (χ1) is 9.24. The fourth-order valence-corrected chi connectivity index (χ4v) is 2.04. The lowest BCUT2D eigenvalue weighted by atomic mass is 10.00. The van der Waals surface area contributed by atoms with Crippen molar-refractivity contribution in [2.75, 3.05) is 7.11 Å². The molecule has 0 aliphatic rings. The molecule has 3 nitrogen and oxygen atoms in total. The van der Waals surface area contributed by atoms with Crippen LogP contribution in [0.4, 0.5) is 0 Å². The number of hydrogen-bond acceptors (Lipinski definition) is 3. The van der Waals surface area contributed by atoms with E-state index in [1.54, 1.807) is 13.3 Å². The van der Waals surface area contributed by atoms with Gasteiger partial charge in [0.15, 0.2) is 0 Å². The monoisotopic (exact) mass is 254 g/mol. The van der Waals surface area contributed by atoms with Gasteiger partial charge in [-0.2, -0.15) is 0 Å². The van der Waals surface area contributed by atoms with Crippen molar-refractivity contribution >= 4 is 5.71 Å². The van der Waals surface area contributed by atoms with Crippen LogP contribution in [-0.4, -0.2) is 17.8 Å². The van der Waals surface area contributed by atoms with Crippen molar-refractivity contribution < 1.29 is 4.84 Å². The molecule has 3 heteroatoms. The highest BCUT2D eigenvalue weighted by atomic mass is 16.6. The predicted molar refractivity (Wildman–Crippen MR) is 77.4 cm³/mol. The Hall–Kier alpha value is -2.16. The lowest BCUT2D eigenvalue weighted by Crippen LogP contribution is -2.07. The molecule has 0 fully saturated rings. The van der Waals surface area contributed by atoms with Crippen LogP contribution < -0.4 is 0 Å². The second-order valence-electron chi connectivity index (χ2n) is 4.40. The smallest absolute Gasteiger partial charge is 0.135 e. The van der Waals surface area contributed by atoms with Gasteiger partial charge in [0.2, 0.25) is 0 Å². The number of oxime groups is 1. The van der Waals surface area contributed by atoms with Gasteiger partial charge in [0.1, 0.15) is 12.8 Å². The molecule has 19 heavy (non-hydrogen) atoms. The largest absolute Gasteiger partial charge is 0.399 e. The van der Waals surface area contributed by atoms with E-state index >= 15 is 0 Å². The van der Waals surface area contributed by atoms with Crippen molar-refractivity contribution in [2.24, 2.45) is 5.16 Å². The number of aryl methyl sites for hydroxylation is 2. The van der Waals surface area contributed by atoms with Gasteiger partial charge in [0, 0.05) is 11.8 Å².